The fourth-order valence-corrected chi connectivity index (χ4v) is 1.67. The minimum atomic E-state index is 1.09. The third-order valence-corrected chi connectivity index (χ3v) is 2.67. The molecule has 78 valence electrons. The summed E-state index contributed by atoms with van der Waals surface area (Å²) < 4.78 is 0. The Morgan fingerprint density at radius 1 is 1.15 bits per heavy atom. The second kappa shape index (κ2) is 12.0. The molecule has 13 heavy (non-hydrogen) atoms. The SMILES string of the molecule is C=CCCNCCCCCCSC. The predicted molar refractivity (Wildman–Crippen MR) is 64.5 cm³/mol. The van der Waals surface area contributed by atoms with Crippen molar-refractivity contribution in [2.24, 2.45) is 0 Å². The molecule has 0 unspecified atom stereocenters. The van der Waals surface area contributed by atoms with Crippen molar-refractivity contribution in [3.8, 4) is 0 Å². The van der Waals surface area contributed by atoms with Crippen molar-refractivity contribution in [3.05, 3.63) is 12.7 Å². The van der Waals surface area contributed by atoms with Gasteiger partial charge in [-0.05, 0) is 44.4 Å². The molecular weight excluding hydrogens is 178 g/mol. The van der Waals surface area contributed by atoms with Crippen molar-refractivity contribution in [1.29, 1.82) is 0 Å². The third-order valence-electron chi connectivity index (χ3n) is 1.98. The lowest BCUT2D eigenvalue weighted by atomic mass is 10.2. The molecule has 0 rings (SSSR count). The van der Waals surface area contributed by atoms with Gasteiger partial charge in [0.2, 0.25) is 0 Å². The Bertz CT molecular complexity index is 104. The predicted octanol–water partition coefficient (Wildman–Crippen LogP) is 3.08. The summed E-state index contributed by atoms with van der Waals surface area (Å²) in [5, 5.41) is 3.40. The summed E-state index contributed by atoms with van der Waals surface area (Å²) in [7, 11) is 0. The molecule has 1 nitrogen and oxygen atoms in total. The summed E-state index contributed by atoms with van der Waals surface area (Å²) in [5.74, 6) is 1.32. The quantitative estimate of drug-likeness (QED) is 0.430. The second-order valence-corrected chi connectivity index (χ2v) is 4.22. The molecule has 0 aliphatic heterocycles. The number of unbranched alkanes of at least 4 members (excludes halogenated alkanes) is 3. The molecule has 1 N–H and O–H groups in total. The lowest BCUT2D eigenvalue weighted by Gasteiger charge is -2.02. The molecule has 0 aromatic carbocycles. The van der Waals surface area contributed by atoms with Gasteiger partial charge in [-0.15, -0.1) is 6.58 Å². The molecule has 0 heterocycles. The van der Waals surface area contributed by atoms with Crippen molar-refractivity contribution in [2.75, 3.05) is 25.1 Å². The molecule has 0 amide bonds. The molecular formula is C11H23NS. The van der Waals surface area contributed by atoms with Crippen molar-refractivity contribution in [2.45, 2.75) is 32.1 Å². The summed E-state index contributed by atoms with van der Waals surface area (Å²) in [5.41, 5.74) is 0. The van der Waals surface area contributed by atoms with Crippen LogP contribution in [0, 0.1) is 0 Å². The first kappa shape index (κ1) is 13.1. The Morgan fingerprint density at radius 3 is 2.62 bits per heavy atom. The van der Waals surface area contributed by atoms with Gasteiger partial charge in [-0.25, -0.2) is 0 Å². The lowest BCUT2D eigenvalue weighted by Crippen LogP contribution is -2.15. The maximum absolute atomic E-state index is 3.69. The highest BCUT2D eigenvalue weighted by Gasteiger charge is 1.89. The van der Waals surface area contributed by atoms with Gasteiger partial charge >= 0.3 is 0 Å². The minimum Gasteiger partial charge on any atom is -0.316 e. The molecule has 0 fully saturated rings. The number of thioether (sulfide) groups is 1. The van der Waals surface area contributed by atoms with Gasteiger partial charge in [0.25, 0.3) is 0 Å². The van der Waals surface area contributed by atoms with Gasteiger partial charge in [-0.1, -0.05) is 18.9 Å². The van der Waals surface area contributed by atoms with Crippen molar-refractivity contribution < 1.29 is 0 Å². The topological polar surface area (TPSA) is 12.0 Å². The molecule has 0 aliphatic rings. The van der Waals surface area contributed by atoms with E-state index in [9.17, 15) is 0 Å². The highest BCUT2D eigenvalue weighted by molar-refractivity contribution is 7.98. The number of hydrogen-bond donors (Lipinski definition) is 1. The standard InChI is InChI=1S/C11H23NS/c1-3-4-9-12-10-7-5-6-8-11-13-2/h3,12H,1,4-11H2,2H3. The lowest BCUT2D eigenvalue weighted by molar-refractivity contribution is 0.603. The Morgan fingerprint density at radius 2 is 1.92 bits per heavy atom. The van der Waals surface area contributed by atoms with E-state index in [1.165, 1.54) is 38.0 Å². The molecule has 0 saturated heterocycles. The highest BCUT2D eigenvalue weighted by atomic mass is 32.2. The minimum absolute atomic E-state index is 1.09. The average molecular weight is 201 g/mol. The van der Waals surface area contributed by atoms with Crippen LogP contribution < -0.4 is 5.32 Å². The number of hydrogen-bond acceptors (Lipinski definition) is 2. The number of nitrogens with one attached hydrogen (secondary N) is 1. The van der Waals surface area contributed by atoms with Crippen LogP contribution in [0.25, 0.3) is 0 Å². The Balaban J connectivity index is 2.79. The zero-order valence-corrected chi connectivity index (χ0v) is 9.67. The number of rotatable bonds is 10. The van der Waals surface area contributed by atoms with Gasteiger partial charge < -0.3 is 5.32 Å². The van der Waals surface area contributed by atoms with Gasteiger partial charge in [0.15, 0.2) is 0 Å². The van der Waals surface area contributed by atoms with Gasteiger partial charge in [-0.2, -0.15) is 11.8 Å². The van der Waals surface area contributed by atoms with Crippen LogP contribution >= 0.6 is 11.8 Å². The van der Waals surface area contributed by atoms with Crippen LogP contribution in [0.2, 0.25) is 0 Å². The summed E-state index contributed by atoms with van der Waals surface area (Å²) in [4.78, 5) is 0. The summed E-state index contributed by atoms with van der Waals surface area (Å²) in [6.07, 6.45) is 10.7. The maximum atomic E-state index is 3.69. The maximum Gasteiger partial charge on any atom is -0.00144 e. The second-order valence-electron chi connectivity index (χ2n) is 3.23. The Kier molecular flexibility index (Phi) is 12.1. The van der Waals surface area contributed by atoms with Gasteiger partial charge in [0.05, 0.1) is 0 Å². The van der Waals surface area contributed by atoms with Crippen LogP contribution in [-0.4, -0.2) is 25.1 Å². The molecule has 0 saturated carbocycles. The van der Waals surface area contributed by atoms with E-state index in [0.717, 1.165) is 13.0 Å². The van der Waals surface area contributed by atoms with Crippen LogP contribution in [0.1, 0.15) is 32.1 Å². The van der Waals surface area contributed by atoms with E-state index in [1.54, 1.807) is 0 Å². The zero-order valence-electron chi connectivity index (χ0n) is 8.85. The Hall–Kier alpha value is 0.0500. The van der Waals surface area contributed by atoms with E-state index in [4.69, 9.17) is 0 Å². The Labute approximate surface area is 87.4 Å². The highest BCUT2D eigenvalue weighted by Crippen LogP contribution is 2.03. The van der Waals surface area contributed by atoms with E-state index in [2.05, 4.69) is 18.2 Å². The van der Waals surface area contributed by atoms with Crippen LogP contribution in [0.5, 0.6) is 0 Å². The summed E-state index contributed by atoms with van der Waals surface area (Å²) in [6.45, 7) is 5.95. The van der Waals surface area contributed by atoms with E-state index in [1.807, 2.05) is 17.8 Å². The first-order chi connectivity index (χ1) is 6.41. The van der Waals surface area contributed by atoms with Gasteiger partial charge in [0, 0.05) is 0 Å². The van der Waals surface area contributed by atoms with Crippen molar-refractivity contribution >= 4 is 11.8 Å². The fourth-order valence-electron chi connectivity index (χ4n) is 1.18. The first-order valence-corrected chi connectivity index (χ1v) is 6.61. The van der Waals surface area contributed by atoms with Crippen molar-refractivity contribution in [3.63, 3.8) is 0 Å². The average Bonchev–Trinajstić information content (AvgIpc) is 2.16. The molecule has 0 spiro atoms. The molecule has 0 aromatic heterocycles. The zero-order chi connectivity index (χ0) is 9.78. The molecule has 0 radical (unpaired) electrons. The monoisotopic (exact) mass is 201 g/mol. The largest absolute Gasteiger partial charge is 0.316 e. The molecule has 0 bridgehead atoms. The van der Waals surface area contributed by atoms with E-state index < -0.39 is 0 Å². The summed E-state index contributed by atoms with van der Waals surface area (Å²) in [6, 6.07) is 0. The van der Waals surface area contributed by atoms with Crippen molar-refractivity contribution in [1.82, 2.24) is 5.32 Å². The van der Waals surface area contributed by atoms with E-state index in [-0.39, 0.29) is 0 Å². The molecule has 2 heteroatoms. The van der Waals surface area contributed by atoms with Gasteiger partial charge in [0.1, 0.15) is 0 Å². The molecule has 0 atom stereocenters. The molecule has 0 aliphatic carbocycles. The third kappa shape index (κ3) is 12.1. The van der Waals surface area contributed by atoms with Crippen LogP contribution in [-0.2, 0) is 0 Å². The van der Waals surface area contributed by atoms with E-state index >= 15 is 0 Å². The normalized spacial score (nSPS) is 10.2. The summed E-state index contributed by atoms with van der Waals surface area (Å²) >= 11 is 1.95. The van der Waals surface area contributed by atoms with Crippen LogP contribution in [0.3, 0.4) is 0 Å². The molecule has 0 aromatic rings. The van der Waals surface area contributed by atoms with E-state index in [0.29, 0.717) is 0 Å². The van der Waals surface area contributed by atoms with Gasteiger partial charge in [-0.3, -0.25) is 0 Å². The van der Waals surface area contributed by atoms with Crippen LogP contribution in [0.15, 0.2) is 12.7 Å². The van der Waals surface area contributed by atoms with Crippen LogP contribution in [0.4, 0.5) is 0 Å². The smallest absolute Gasteiger partial charge is 0.00144 e. The first-order valence-electron chi connectivity index (χ1n) is 5.22. The fraction of sp³-hybridized carbons (Fsp3) is 0.818.